The summed E-state index contributed by atoms with van der Waals surface area (Å²) < 4.78 is 0. The predicted molar refractivity (Wildman–Crippen MR) is 119 cm³/mol. The zero-order chi connectivity index (χ0) is 18.8. The van der Waals surface area contributed by atoms with Crippen LogP contribution in [0.1, 0.15) is 11.1 Å². The monoisotopic (exact) mass is 366 g/mol. The molecule has 0 radical (unpaired) electrons. The summed E-state index contributed by atoms with van der Waals surface area (Å²) in [6, 6.07) is 12.4. The van der Waals surface area contributed by atoms with E-state index in [1.54, 1.807) is 12.4 Å². The first-order valence-electron chi connectivity index (χ1n) is 9.02. The number of anilines is 2. The van der Waals surface area contributed by atoms with E-state index in [1.165, 1.54) is 10.8 Å². The Bertz CT molecular complexity index is 1170. The second-order valence-electron chi connectivity index (χ2n) is 6.44. The first-order valence-corrected chi connectivity index (χ1v) is 9.02. The molecule has 2 aliphatic heterocycles. The maximum Gasteiger partial charge on any atom is 0.0727 e. The maximum atomic E-state index is 4.07. The molecule has 4 N–H and O–H groups in total. The fourth-order valence-electron chi connectivity index (χ4n) is 3.41. The molecule has 2 aromatic carbocycles. The fourth-order valence-corrected chi connectivity index (χ4v) is 3.41. The molecule has 0 unspecified atom stereocenters. The van der Waals surface area contributed by atoms with Gasteiger partial charge in [-0.1, -0.05) is 24.3 Å². The highest BCUT2D eigenvalue weighted by Crippen LogP contribution is 2.29. The minimum absolute atomic E-state index is 1.06. The summed E-state index contributed by atoms with van der Waals surface area (Å²) in [7, 11) is 0. The second-order valence-corrected chi connectivity index (χ2v) is 6.44. The van der Waals surface area contributed by atoms with Gasteiger partial charge in [-0.15, -0.1) is 0 Å². The average molecular weight is 366 g/mol. The highest BCUT2D eigenvalue weighted by molar-refractivity contribution is 5.99. The van der Waals surface area contributed by atoms with E-state index in [1.807, 2.05) is 36.7 Å². The summed E-state index contributed by atoms with van der Waals surface area (Å²) in [5.41, 5.74) is 12.8. The summed E-state index contributed by atoms with van der Waals surface area (Å²) in [6.07, 6.45) is 15.3. The van der Waals surface area contributed by atoms with E-state index >= 15 is 0 Å². The smallest absolute Gasteiger partial charge is 0.0727 e. The highest BCUT2D eigenvalue weighted by Gasteiger charge is 2.07. The minimum Gasteiger partial charge on any atom is -0.361 e. The van der Waals surface area contributed by atoms with Crippen LogP contribution in [0.15, 0.2) is 71.1 Å². The molecule has 4 heterocycles. The van der Waals surface area contributed by atoms with Crippen molar-refractivity contribution in [3.63, 3.8) is 0 Å². The number of aromatic nitrogens is 2. The van der Waals surface area contributed by atoms with Crippen molar-refractivity contribution >= 4 is 57.8 Å². The van der Waals surface area contributed by atoms with Crippen LogP contribution in [0.4, 0.5) is 11.4 Å². The van der Waals surface area contributed by atoms with Gasteiger partial charge in [0.2, 0.25) is 0 Å². The Morgan fingerprint density at radius 1 is 0.571 bits per heavy atom. The molecule has 6 rings (SSSR count). The number of hydrogen-bond donors (Lipinski definition) is 4. The quantitative estimate of drug-likeness (QED) is 0.346. The lowest BCUT2D eigenvalue weighted by Crippen LogP contribution is -1.90. The van der Waals surface area contributed by atoms with Crippen LogP contribution >= 0.6 is 0 Å². The van der Waals surface area contributed by atoms with Crippen molar-refractivity contribution in [1.82, 2.24) is 9.97 Å². The number of allylic oxidation sites excluding steroid dienone is 2. The number of benzene rings is 2. The number of aromatic amines is 2. The number of rotatable bonds is 0. The van der Waals surface area contributed by atoms with Crippen molar-refractivity contribution in [2.24, 2.45) is 10.2 Å². The summed E-state index contributed by atoms with van der Waals surface area (Å²) in [4.78, 5) is 6.35. The van der Waals surface area contributed by atoms with Crippen LogP contribution in [0.2, 0.25) is 0 Å². The number of hydrogen-bond acceptors (Lipinski definition) is 4. The van der Waals surface area contributed by atoms with Crippen LogP contribution in [0.3, 0.4) is 0 Å². The third-order valence-electron chi connectivity index (χ3n) is 4.76. The van der Waals surface area contributed by atoms with E-state index in [-0.39, 0.29) is 0 Å². The zero-order valence-electron chi connectivity index (χ0n) is 15.0. The minimum atomic E-state index is 1.06. The molecule has 6 nitrogen and oxygen atoms in total. The normalized spacial score (nSPS) is 13.7. The van der Waals surface area contributed by atoms with E-state index in [2.05, 4.69) is 67.4 Å². The third kappa shape index (κ3) is 2.87. The molecule has 0 aliphatic carbocycles. The maximum absolute atomic E-state index is 4.07. The Morgan fingerprint density at radius 2 is 1.07 bits per heavy atom. The molecule has 28 heavy (non-hydrogen) atoms. The van der Waals surface area contributed by atoms with E-state index in [0.717, 1.165) is 33.5 Å². The van der Waals surface area contributed by atoms with Gasteiger partial charge in [-0.05, 0) is 36.4 Å². The van der Waals surface area contributed by atoms with Gasteiger partial charge in [-0.2, -0.15) is 10.2 Å². The van der Waals surface area contributed by atoms with Crippen molar-refractivity contribution in [3.8, 4) is 0 Å². The van der Waals surface area contributed by atoms with Gasteiger partial charge in [0.1, 0.15) is 0 Å². The van der Waals surface area contributed by atoms with Crippen LogP contribution in [0.25, 0.3) is 34.0 Å². The van der Waals surface area contributed by atoms with Crippen molar-refractivity contribution < 1.29 is 0 Å². The molecule has 0 saturated heterocycles. The van der Waals surface area contributed by atoms with Gasteiger partial charge in [0.15, 0.2) is 0 Å². The number of H-pyrrole nitrogens is 2. The van der Waals surface area contributed by atoms with Crippen LogP contribution in [0, 0.1) is 0 Å². The highest BCUT2D eigenvalue weighted by atomic mass is 15.3. The van der Waals surface area contributed by atoms with Crippen LogP contribution in [0.5, 0.6) is 0 Å². The van der Waals surface area contributed by atoms with Crippen molar-refractivity contribution in [1.29, 1.82) is 0 Å². The van der Waals surface area contributed by atoms with Gasteiger partial charge in [-0.25, -0.2) is 0 Å². The molecule has 0 amide bonds. The first kappa shape index (κ1) is 16.1. The van der Waals surface area contributed by atoms with Gasteiger partial charge >= 0.3 is 0 Å². The molecule has 0 spiro atoms. The van der Waals surface area contributed by atoms with Gasteiger partial charge in [-0.3, -0.25) is 10.9 Å². The van der Waals surface area contributed by atoms with Gasteiger partial charge in [0, 0.05) is 57.8 Å². The van der Waals surface area contributed by atoms with Gasteiger partial charge < -0.3 is 9.97 Å². The topological polar surface area (TPSA) is 80.4 Å². The molecular formula is C22H18N6. The summed E-state index contributed by atoms with van der Waals surface area (Å²) in [6.45, 7) is 0. The Hall–Kier alpha value is -4.06. The van der Waals surface area contributed by atoms with Crippen molar-refractivity contribution in [2.45, 2.75) is 0 Å². The van der Waals surface area contributed by atoms with E-state index in [0.29, 0.717) is 0 Å². The lowest BCUT2D eigenvalue weighted by Gasteiger charge is -2.05. The van der Waals surface area contributed by atoms with Crippen LogP contribution < -0.4 is 10.9 Å². The fraction of sp³-hybridized carbons (Fsp3) is 0. The van der Waals surface area contributed by atoms with Gasteiger partial charge in [0.25, 0.3) is 0 Å². The van der Waals surface area contributed by atoms with E-state index in [4.69, 9.17) is 0 Å². The Morgan fingerprint density at radius 3 is 1.57 bits per heavy atom. The van der Waals surface area contributed by atoms with E-state index < -0.39 is 0 Å². The molecule has 0 bridgehead atoms. The molecule has 4 aromatic rings. The Kier molecular flexibility index (Phi) is 3.99. The summed E-state index contributed by atoms with van der Waals surface area (Å²) in [5.74, 6) is 0. The molecule has 0 fully saturated rings. The Labute approximate surface area is 161 Å². The average Bonchev–Trinajstić information content (AvgIpc) is 3.26. The molecule has 0 saturated carbocycles. The lowest BCUT2D eigenvalue weighted by atomic mass is 10.1. The molecule has 136 valence electrons. The first-order chi connectivity index (χ1) is 13.9. The summed E-state index contributed by atoms with van der Waals surface area (Å²) in [5, 5.41) is 10.5. The molecule has 2 aromatic heterocycles. The van der Waals surface area contributed by atoms with Gasteiger partial charge in [0.05, 0.1) is 11.4 Å². The standard InChI is InChI=1S/2C11H9N3/c2*1-2-8-3-4-10-9(5-7-12-10)11(8)14-13-6-1/h2*1-7,12,14H. The summed E-state index contributed by atoms with van der Waals surface area (Å²) >= 11 is 0. The van der Waals surface area contributed by atoms with Crippen molar-refractivity contribution in [3.05, 3.63) is 72.1 Å². The molecule has 6 heteroatoms. The number of fused-ring (bicyclic) bond motifs is 6. The molecule has 0 atom stereocenters. The zero-order valence-corrected chi connectivity index (χ0v) is 15.0. The second kappa shape index (κ2) is 6.92. The van der Waals surface area contributed by atoms with Crippen molar-refractivity contribution in [2.75, 3.05) is 10.9 Å². The SMILES string of the molecule is C1=Cc2ccc3[nH]ccc3c2NN=C1.C1=Cc2ccc3[nH]ccc3c2NN=C1. The number of nitrogens with one attached hydrogen (secondary N) is 4. The lowest BCUT2D eigenvalue weighted by molar-refractivity contribution is 1.37. The van der Waals surface area contributed by atoms with Crippen LogP contribution in [-0.2, 0) is 0 Å². The van der Waals surface area contributed by atoms with Crippen LogP contribution in [-0.4, -0.2) is 22.4 Å². The predicted octanol–water partition coefficient (Wildman–Crippen LogP) is 5.18. The molecular weight excluding hydrogens is 348 g/mol. The number of hydrazone groups is 2. The van der Waals surface area contributed by atoms with E-state index in [9.17, 15) is 0 Å². The largest absolute Gasteiger partial charge is 0.361 e. The molecule has 2 aliphatic rings. The Balaban J connectivity index is 0.000000122. The number of nitrogens with zero attached hydrogens (tertiary/aromatic N) is 2. The third-order valence-corrected chi connectivity index (χ3v) is 4.76.